The van der Waals surface area contributed by atoms with Gasteiger partial charge in [0.1, 0.15) is 11.0 Å². The van der Waals surface area contributed by atoms with Gasteiger partial charge in [-0.05, 0) is 112 Å². The number of benzene rings is 10. The first-order valence-corrected chi connectivity index (χ1v) is 22.9. The second-order valence-electron chi connectivity index (χ2n) is 17.3. The van der Waals surface area contributed by atoms with E-state index in [2.05, 4.69) is 126 Å². The molecule has 0 aliphatic carbocycles. The molecule has 4 heterocycles. The van der Waals surface area contributed by atoms with E-state index in [1.165, 1.54) is 37.9 Å². The molecule has 14 rings (SSSR count). The fourth-order valence-corrected chi connectivity index (χ4v) is 9.74. The van der Waals surface area contributed by atoms with Crippen LogP contribution in [0.25, 0.3) is 139 Å². The van der Waals surface area contributed by atoms with E-state index >= 15 is 0 Å². The highest BCUT2D eigenvalue weighted by Gasteiger charge is 2.21. The molecule has 8 heteroatoms. The summed E-state index contributed by atoms with van der Waals surface area (Å²) in [6.45, 7) is 0. The Morgan fingerprint density at radius 2 is 0.754 bits per heavy atom. The first-order chi connectivity index (χ1) is 34.1. The van der Waals surface area contributed by atoms with Crippen molar-refractivity contribution in [3.8, 4) is 73.9 Å². The maximum Gasteiger partial charge on any atom is 0.227 e. The lowest BCUT2D eigenvalue weighted by molar-refractivity contribution is 0.619. The Balaban J connectivity index is 0.911. The molecule has 0 N–H and O–H groups in total. The van der Waals surface area contributed by atoms with Crippen molar-refractivity contribution < 1.29 is 8.83 Å². The Kier molecular flexibility index (Phi) is 8.72. The van der Waals surface area contributed by atoms with Gasteiger partial charge in [-0.1, -0.05) is 140 Å². The van der Waals surface area contributed by atoms with Crippen LogP contribution in [0, 0.1) is 0 Å². The summed E-state index contributed by atoms with van der Waals surface area (Å²) in [6.07, 6.45) is 0. The van der Waals surface area contributed by atoms with Crippen molar-refractivity contribution in [1.82, 2.24) is 29.5 Å². The minimum atomic E-state index is 0.544. The van der Waals surface area contributed by atoms with Crippen molar-refractivity contribution in [2.24, 2.45) is 0 Å². The third kappa shape index (κ3) is 6.57. The summed E-state index contributed by atoms with van der Waals surface area (Å²) < 4.78 is 14.6. The number of hydrogen-bond acceptors (Lipinski definition) is 7. The Labute approximate surface area is 394 Å². The maximum absolute atomic E-state index is 6.10. The lowest BCUT2D eigenvalue weighted by atomic mass is 9.92. The van der Waals surface area contributed by atoms with E-state index in [4.69, 9.17) is 33.8 Å². The third-order valence-corrected chi connectivity index (χ3v) is 13.1. The van der Waals surface area contributed by atoms with E-state index in [-0.39, 0.29) is 0 Å². The Morgan fingerprint density at radius 3 is 1.30 bits per heavy atom. The van der Waals surface area contributed by atoms with Crippen molar-refractivity contribution in [2.75, 3.05) is 0 Å². The first-order valence-electron chi connectivity index (χ1n) is 22.9. The largest absolute Gasteiger partial charge is 0.436 e. The van der Waals surface area contributed by atoms with Gasteiger partial charge < -0.3 is 13.4 Å². The molecule has 0 spiro atoms. The zero-order valence-electron chi connectivity index (χ0n) is 36.8. The van der Waals surface area contributed by atoms with Gasteiger partial charge in [-0.3, -0.25) is 0 Å². The van der Waals surface area contributed by atoms with Crippen LogP contribution in [-0.2, 0) is 0 Å². The Morgan fingerprint density at radius 1 is 0.319 bits per heavy atom. The standard InChI is InChI=1S/C61H36N6O2/c1-2-15-46(16-3-1)67-51-35-44-13-5-4-12-43(44)34-48(51)56-52(67)36-45-14-6-7-17-47(45)55(56)37-22-24-38(25-23-37)57-64-58(39-26-30-41(31-27-39)60-62-49-18-8-10-20-53(49)68-60)66-59(65-57)40-28-32-42(33-29-40)61-63-50-19-9-11-21-54(50)69-61/h1-36H. The van der Waals surface area contributed by atoms with Crippen LogP contribution in [0.5, 0.6) is 0 Å². The fraction of sp³-hybridized carbons (Fsp3) is 0. The lowest BCUT2D eigenvalue weighted by Gasteiger charge is -2.13. The second kappa shape index (κ2) is 15.5. The summed E-state index contributed by atoms with van der Waals surface area (Å²) in [6, 6.07) is 75.2. The zero-order chi connectivity index (χ0) is 45.4. The quantitative estimate of drug-likeness (QED) is 0.157. The third-order valence-electron chi connectivity index (χ3n) is 13.1. The number of oxazole rings is 2. The lowest BCUT2D eigenvalue weighted by Crippen LogP contribution is -2.00. The number of nitrogens with zero attached hydrogens (tertiary/aromatic N) is 6. The van der Waals surface area contributed by atoms with E-state index in [1.54, 1.807) is 0 Å². The van der Waals surface area contributed by atoms with Crippen LogP contribution < -0.4 is 0 Å². The van der Waals surface area contributed by atoms with Crippen molar-refractivity contribution >= 4 is 65.6 Å². The fourth-order valence-electron chi connectivity index (χ4n) is 9.74. The van der Waals surface area contributed by atoms with Crippen LogP contribution in [0.1, 0.15) is 0 Å². The molecule has 0 saturated heterocycles. The van der Waals surface area contributed by atoms with E-state index in [9.17, 15) is 0 Å². The summed E-state index contributed by atoms with van der Waals surface area (Å²) in [5.74, 6) is 2.76. The monoisotopic (exact) mass is 884 g/mol. The number of aromatic nitrogens is 6. The van der Waals surface area contributed by atoms with Gasteiger partial charge in [0, 0.05) is 44.3 Å². The van der Waals surface area contributed by atoms with Crippen LogP contribution in [-0.4, -0.2) is 29.5 Å². The second-order valence-corrected chi connectivity index (χ2v) is 17.3. The van der Waals surface area contributed by atoms with Crippen LogP contribution in [0.4, 0.5) is 0 Å². The van der Waals surface area contributed by atoms with Gasteiger partial charge in [-0.25, -0.2) is 24.9 Å². The van der Waals surface area contributed by atoms with Crippen molar-refractivity contribution in [3.63, 3.8) is 0 Å². The number of rotatable bonds is 7. The van der Waals surface area contributed by atoms with Crippen molar-refractivity contribution in [2.45, 2.75) is 0 Å². The van der Waals surface area contributed by atoms with Gasteiger partial charge >= 0.3 is 0 Å². The molecule has 10 aromatic carbocycles. The van der Waals surface area contributed by atoms with Gasteiger partial charge in [0.15, 0.2) is 28.6 Å². The summed E-state index contributed by atoms with van der Waals surface area (Å²) >= 11 is 0. The van der Waals surface area contributed by atoms with Gasteiger partial charge in [-0.2, -0.15) is 0 Å². The Bertz CT molecular complexity index is 4090. The zero-order valence-corrected chi connectivity index (χ0v) is 36.8. The molecule has 322 valence electrons. The molecule has 0 aliphatic rings. The smallest absolute Gasteiger partial charge is 0.227 e. The molecule has 0 atom stereocenters. The summed E-state index contributed by atoms with van der Waals surface area (Å²) in [5, 5.41) is 7.17. The molecule has 0 radical (unpaired) electrons. The SMILES string of the molecule is c1ccc(-n2c3cc4ccccc4cc3c3c(-c4ccc(-c5nc(-c6ccc(-c7nc8ccccc8o7)cc6)nc(-c6ccc(-c7nc8ccccc8o7)cc6)n5)cc4)c4ccccc4cc32)cc1. The molecular formula is C61H36N6O2. The highest BCUT2D eigenvalue weighted by Crippen LogP contribution is 2.44. The van der Waals surface area contributed by atoms with Crippen LogP contribution in [0.15, 0.2) is 227 Å². The summed E-state index contributed by atoms with van der Waals surface area (Å²) in [4.78, 5) is 24.8. The predicted octanol–water partition coefficient (Wildman–Crippen LogP) is 15.6. The molecule has 14 aromatic rings. The molecule has 8 nitrogen and oxygen atoms in total. The molecule has 0 bridgehead atoms. The summed E-state index contributed by atoms with van der Waals surface area (Å²) in [5.41, 5.74) is 13.1. The highest BCUT2D eigenvalue weighted by atomic mass is 16.4. The van der Waals surface area contributed by atoms with Crippen LogP contribution in [0.3, 0.4) is 0 Å². The summed E-state index contributed by atoms with van der Waals surface area (Å²) in [7, 11) is 0. The average Bonchev–Trinajstić information content (AvgIpc) is 4.14. The minimum Gasteiger partial charge on any atom is -0.436 e. The average molecular weight is 885 g/mol. The molecule has 4 aromatic heterocycles. The maximum atomic E-state index is 6.10. The van der Waals surface area contributed by atoms with Crippen LogP contribution in [0.2, 0.25) is 0 Å². The molecule has 0 unspecified atom stereocenters. The predicted molar refractivity (Wildman–Crippen MR) is 277 cm³/mol. The molecular weight excluding hydrogens is 849 g/mol. The first kappa shape index (κ1) is 38.7. The topological polar surface area (TPSA) is 95.7 Å². The van der Waals surface area contributed by atoms with Gasteiger partial charge in [-0.15, -0.1) is 0 Å². The Hall–Kier alpha value is -9.53. The number of para-hydroxylation sites is 5. The van der Waals surface area contributed by atoms with E-state index < -0.39 is 0 Å². The van der Waals surface area contributed by atoms with Gasteiger partial charge in [0.25, 0.3) is 0 Å². The molecule has 0 fully saturated rings. The van der Waals surface area contributed by atoms with E-state index in [0.717, 1.165) is 72.3 Å². The van der Waals surface area contributed by atoms with Gasteiger partial charge in [0.2, 0.25) is 11.8 Å². The molecule has 69 heavy (non-hydrogen) atoms. The highest BCUT2D eigenvalue weighted by molar-refractivity contribution is 6.24. The minimum absolute atomic E-state index is 0.544. The van der Waals surface area contributed by atoms with Crippen molar-refractivity contribution in [3.05, 3.63) is 218 Å². The normalized spacial score (nSPS) is 11.8. The van der Waals surface area contributed by atoms with Crippen molar-refractivity contribution in [1.29, 1.82) is 0 Å². The molecule has 0 amide bonds. The molecule has 0 saturated carbocycles. The van der Waals surface area contributed by atoms with E-state index in [1.807, 2.05) is 97.1 Å². The number of hydrogen-bond donors (Lipinski definition) is 0. The van der Waals surface area contributed by atoms with Crippen LogP contribution >= 0.6 is 0 Å². The molecule has 0 aliphatic heterocycles. The van der Waals surface area contributed by atoms with Gasteiger partial charge in [0.05, 0.1) is 11.0 Å². The van der Waals surface area contributed by atoms with E-state index in [0.29, 0.717) is 29.3 Å². The number of fused-ring (bicyclic) bond motifs is 7.